The number of fused-ring (bicyclic) bond motifs is 1. The minimum Gasteiger partial charge on any atom is -0.478 e. The van der Waals surface area contributed by atoms with E-state index in [1.165, 1.54) is 18.3 Å². The highest BCUT2D eigenvalue weighted by Gasteiger charge is 2.18. The largest absolute Gasteiger partial charge is 0.478 e. The van der Waals surface area contributed by atoms with Crippen molar-refractivity contribution in [2.24, 2.45) is 10.8 Å². The van der Waals surface area contributed by atoms with Crippen molar-refractivity contribution in [3.63, 3.8) is 0 Å². The van der Waals surface area contributed by atoms with Crippen LogP contribution in [-0.4, -0.2) is 29.2 Å². The zero-order chi connectivity index (χ0) is 13.8. The van der Waals surface area contributed by atoms with Crippen LogP contribution in [-0.2, 0) is 11.3 Å². The smallest absolute Gasteiger partial charge is 0.335 e. The number of nitrogens with one attached hydrogen (secondary N) is 1. The lowest BCUT2D eigenvalue weighted by atomic mass is 10.0. The van der Waals surface area contributed by atoms with Gasteiger partial charge >= 0.3 is 5.97 Å². The zero-order valence-corrected chi connectivity index (χ0v) is 10.6. The number of benzene rings is 1. The summed E-state index contributed by atoms with van der Waals surface area (Å²) in [7, 11) is 0. The van der Waals surface area contributed by atoms with Crippen molar-refractivity contribution < 1.29 is 19.4 Å². The molecule has 2 rings (SSSR count). The van der Waals surface area contributed by atoms with Gasteiger partial charge in [0.2, 0.25) is 0 Å². The molecule has 0 saturated carbocycles. The van der Waals surface area contributed by atoms with E-state index in [0.29, 0.717) is 23.5 Å². The average Bonchev–Trinajstić information content (AvgIpc) is 2.38. The maximum Gasteiger partial charge on any atom is 0.335 e. The predicted molar refractivity (Wildman–Crippen MR) is 71.2 cm³/mol. The fourth-order valence-electron chi connectivity index (χ4n) is 1.63. The third-order valence-electron chi connectivity index (χ3n) is 2.36. The minimum absolute atomic E-state index is 0.0174. The van der Waals surface area contributed by atoms with Crippen molar-refractivity contribution in [2.45, 2.75) is 6.61 Å². The molecule has 0 saturated heterocycles. The second-order valence-corrected chi connectivity index (χ2v) is 4.14. The summed E-state index contributed by atoms with van der Waals surface area (Å²) in [6, 6.07) is 2.96. The van der Waals surface area contributed by atoms with E-state index in [-0.39, 0.29) is 17.5 Å². The van der Waals surface area contributed by atoms with E-state index in [2.05, 4.69) is 22.7 Å². The van der Waals surface area contributed by atoms with Gasteiger partial charge < -0.3 is 20.3 Å². The van der Waals surface area contributed by atoms with Gasteiger partial charge in [-0.15, -0.1) is 0 Å². The molecule has 1 aliphatic heterocycles. The molecule has 1 aromatic rings. The topological polar surface area (TPSA) is 106 Å². The summed E-state index contributed by atoms with van der Waals surface area (Å²) in [6.45, 7) is 0.406. The quantitative estimate of drug-likeness (QED) is 0.419. The molecular weight excluding hydrogens is 270 g/mol. The number of hydrogen-bond donors (Lipinski definition) is 3. The number of thiocarbonyl (C=S) groups is 1. The number of nitrogens with zero attached hydrogens (tertiary/aromatic N) is 1. The molecule has 19 heavy (non-hydrogen) atoms. The molecule has 1 heterocycles. The highest BCUT2D eigenvalue weighted by Crippen LogP contribution is 2.28. The van der Waals surface area contributed by atoms with Crippen LogP contribution in [0.25, 0.3) is 0 Å². The van der Waals surface area contributed by atoms with E-state index in [0.717, 1.165) is 0 Å². The van der Waals surface area contributed by atoms with Gasteiger partial charge in [0.1, 0.15) is 5.75 Å². The van der Waals surface area contributed by atoms with Crippen LogP contribution in [0.2, 0.25) is 0 Å². The van der Waals surface area contributed by atoms with Crippen molar-refractivity contribution in [3.05, 3.63) is 28.8 Å². The van der Waals surface area contributed by atoms with Crippen molar-refractivity contribution in [1.29, 1.82) is 0 Å². The van der Waals surface area contributed by atoms with Crippen LogP contribution in [0.5, 0.6) is 5.75 Å². The van der Waals surface area contributed by atoms with Crippen LogP contribution in [0.4, 0.5) is 0 Å². The molecule has 1 aromatic carbocycles. The lowest BCUT2D eigenvalue weighted by Crippen LogP contribution is -2.24. The lowest BCUT2D eigenvalue weighted by molar-refractivity contribution is -0.0165. The summed E-state index contributed by atoms with van der Waals surface area (Å²) < 4.78 is 10.5. The monoisotopic (exact) mass is 281 g/mol. The Hall–Kier alpha value is -2.19. The Bertz CT molecular complexity index is 559. The van der Waals surface area contributed by atoms with Crippen LogP contribution in [0.3, 0.4) is 0 Å². The van der Waals surface area contributed by atoms with Crippen molar-refractivity contribution >= 4 is 29.5 Å². The van der Waals surface area contributed by atoms with Crippen LogP contribution in [0, 0.1) is 0 Å². The number of nitrogens with two attached hydrogens (primary N) is 1. The number of hydrogen-bond acceptors (Lipinski definition) is 5. The Morgan fingerprint density at radius 1 is 1.58 bits per heavy atom. The van der Waals surface area contributed by atoms with Crippen LogP contribution < -0.4 is 15.9 Å². The van der Waals surface area contributed by atoms with Gasteiger partial charge in [0, 0.05) is 11.1 Å². The summed E-state index contributed by atoms with van der Waals surface area (Å²) in [4.78, 5) is 11.0. The van der Waals surface area contributed by atoms with E-state index in [1.54, 1.807) is 0 Å². The van der Waals surface area contributed by atoms with Gasteiger partial charge in [-0.1, -0.05) is 0 Å². The summed E-state index contributed by atoms with van der Waals surface area (Å²) in [5, 5.41) is 12.9. The molecule has 0 fully saturated rings. The van der Waals surface area contributed by atoms with E-state index in [9.17, 15) is 4.79 Å². The molecule has 0 unspecified atom stereocenters. The van der Waals surface area contributed by atoms with Gasteiger partial charge in [0.25, 0.3) is 0 Å². The van der Waals surface area contributed by atoms with Gasteiger partial charge in [0.05, 0.1) is 18.4 Å². The Labute approximate surface area is 114 Å². The molecule has 0 radical (unpaired) electrons. The SMILES string of the molecule is NC(=S)NN=Cc1cc(C(=O)O)cc2c1OCOC2. The van der Waals surface area contributed by atoms with Gasteiger partial charge in [-0.05, 0) is 24.4 Å². The Morgan fingerprint density at radius 3 is 3.05 bits per heavy atom. The summed E-state index contributed by atoms with van der Waals surface area (Å²) in [5.41, 5.74) is 8.93. The van der Waals surface area contributed by atoms with Gasteiger partial charge in [-0.25, -0.2) is 4.79 Å². The first kappa shape index (κ1) is 13.2. The fourth-order valence-corrected chi connectivity index (χ4v) is 1.69. The third kappa shape index (κ3) is 3.18. The highest BCUT2D eigenvalue weighted by atomic mass is 32.1. The Balaban J connectivity index is 2.39. The first-order chi connectivity index (χ1) is 9.08. The predicted octanol–water partition coefficient (Wildman–Crippen LogP) is 0.418. The van der Waals surface area contributed by atoms with Gasteiger partial charge in [-0.2, -0.15) is 5.10 Å². The Morgan fingerprint density at radius 2 is 2.37 bits per heavy atom. The first-order valence-electron chi connectivity index (χ1n) is 5.27. The normalized spacial score (nSPS) is 13.7. The van der Waals surface area contributed by atoms with Crippen molar-refractivity contribution in [1.82, 2.24) is 5.43 Å². The number of aromatic carboxylic acids is 1. The highest BCUT2D eigenvalue weighted by molar-refractivity contribution is 7.80. The van der Waals surface area contributed by atoms with E-state index in [1.807, 2.05) is 0 Å². The third-order valence-corrected chi connectivity index (χ3v) is 2.46. The number of hydrazone groups is 1. The molecule has 0 aliphatic carbocycles. The number of carboxylic acids is 1. The van der Waals surface area contributed by atoms with Crippen molar-refractivity contribution in [3.8, 4) is 5.75 Å². The second kappa shape index (κ2) is 5.63. The fraction of sp³-hybridized carbons (Fsp3) is 0.182. The average molecular weight is 281 g/mol. The van der Waals surface area contributed by atoms with Crippen LogP contribution in [0.1, 0.15) is 21.5 Å². The summed E-state index contributed by atoms with van der Waals surface area (Å²) in [6.07, 6.45) is 1.40. The molecule has 8 heteroatoms. The van der Waals surface area contributed by atoms with Gasteiger partial charge in [0.15, 0.2) is 11.9 Å². The van der Waals surface area contributed by atoms with E-state index >= 15 is 0 Å². The maximum atomic E-state index is 11.0. The zero-order valence-electron chi connectivity index (χ0n) is 9.75. The second-order valence-electron chi connectivity index (χ2n) is 3.70. The van der Waals surface area contributed by atoms with Crippen LogP contribution >= 0.6 is 12.2 Å². The number of rotatable bonds is 3. The molecule has 0 spiro atoms. The molecule has 0 atom stereocenters. The van der Waals surface area contributed by atoms with Crippen LogP contribution in [0.15, 0.2) is 17.2 Å². The molecular formula is C11H11N3O4S. The molecule has 7 nitrogen and oxygen atoms in total. The van der Waals surface area contributed by atoms with Gasteiger partial charge in [-0.3, -0.25) is 5.43 Å². The molecule has 100 valence electrons. The minimum atomic E-state index is -1.04. The molecule has 0 aromatic heterocycles. The number of carboxylic acid groups (broad SMARTS) is 1. The lowest BCUT2D eigenvalue weighted by Gasteiger charge is -2.19. The molecule has 0 amide bonds. The summed E-state index contributed by atoms with van der Waals surface area (Å²) in [5.74, 6) is -0.491. The Kier molecular flexibility index (Phi) is 3.93. The number of ether oxygens (including phenoxy) is 2. The van der Waals surface area contributed by atoms with Crippen molar-refractivity contribution in [2.75, 3.05) is 6.79 Å². The van der Waals surface area contributed by atoms with E-state index < -0.39 is 5.97 Å². The summed E-state index contributed by atoms with van der Waals surface area (Å²) >= 11 is 4.61. The number of carbonyl (C=O) groups is 1. The molecule has 4 N–H and O–H groups in total. The standard InChI is InChI=1S/C11H11N3O4S/c12-11(19)14-13-3-7-1-6(10(15)16)2-8-4-17-5-18-9(7)8/h1-3H,4-5H2,(H,15,16)(H3,12,14,19). The molecule has 0 bridgehead atoms. The maximum absolute atomic E-state index is 11.0. The van der Waals surface area contributed by atoms with E-state index in [4.69, 9.17) is 20.3 Å². The first-order valence-corrected chi connectivity index (χ1v) is 5.68. The molecule has 1 aliphatic rings.